The fraction of sp³-hybridized carbons (Fsp3) is 0.857. The van der Waals surface area contributed by atoms with Gasteiger partial charge in [0.05, 0.1) is 11.5 Å². The number of aliphatic carboxylic acids is 1. The summed E-state index contributed by atoms with van der Waals surface area (Å²) in [4.78, 5) is 23.3. The van der Waals surface area contributed by atoms with Gasteiger partial charge in [-0.1, -0.05) is 13.8 Å². The number of carboxylic acids is 1. The van der Waals surface area contributed by atoms with Crippen LogP contribution in [0.15, 0.2) is 0 Å². The van der Waals surface area contributed by atoms with Crippen molar-refractivity contribution in [3.8, 4) is 0 Å². The molecule has 0 aromatic carbocycles. The highest BCUT2D eigenvalue weighted by molar-refractivity contribution is 5.84. The lowest BCUT2D eigenvalue weighted by molar-refractivity contribution is -0.153. The minimum atomic E-state index is -1.11. The van der Waals surface area contributed by atoms with Gasteiger partial charge in [0.1, 0.15) is 5.60 Å². The van der Waals surface area contributed by atoms with E-state index in [1.807, 2.05) is 0 Å². The molecule has 1 saturated heterocycles. The molecule has 20 heavy (non-hydrogen) atoms. The zero-order valence-corrected chi connectivity index (χ0v) is 12.6. The van der Waals surface area contributed by atoms with E-state index in [-0.39, 0.29) is 30.9 Å². The van der Waals surface area contributed by atoms with Crippen LogP contribution in [0.3, 0.4) is 0 Å². The molecular weight excluding hydrogens is 262 g/mol. The fourth-order valence-corrected chi connectivity index (χ4v) is 2.18. The van der Waals surface area contributed by atoms with Gasteiger partial charge in [0, 0.05) is 26.0 Å². The minimum Gasteiger partial charge on any atom is -0.481 e. The second-order valence-electron chi connectivity index (χ2n) is 6.20. The summed E-state index contributed by atoms with van der Waals surface area (Å²) in [5.74, 6) is -1.52. The normalized spacial score (nSPS) is 29.2. The Kier molecular flexibility index (Phi) is 5.15. The maximum atomic E-state index is 11.9. The number of nitrogens with one attached hydrogen (secondary N) is 1. The summed E-state index contributed by atoms with van der Waals surface area (Å²) in [5, 5.41) is 22.2. The van der Waals surface area contributed by atoms with Crippen LogP contribution in [-0.4, -0.2) is 46.9 Å². The molecule has 1 fully saturated rings. The Morgan fingerprint density at radius 3 is 2.50 bits per heavy atom. The van der Waals surface area contributed by atoms with Crippen LogP contribution in [0.4, 0.5) is 0 Å². The van der Waals surface area contributed by atoms with Crippen LogP contribution in [0.1, 0.15) is 40.5 Å². The number of hydrogen-bond acceptors (Lipinski definition) is 4. The summed E-state index contributed by atoms with van der Waals surface area (Å²) in [6.07, 6.45) is 0.0268. The van der Waals surface area contributed by atoms with E-state index in [2.05, 4.69) is 5.32 Å². The van der Waals surface area contributed by atoms with Crippen molar-refractivity contribution in [2.75, 3.05) is 13.2 Å². The minimum absolute atomic E-state index is 0.0841. The Labute approximate surface area is 119 Å². The van der Waals surface area contributed by atoms with E-state index in [1.54, 1.807) is 27.7 Å². The van der Waals surface area contributed by atoms with E-state index < -0.39 is 17.0 Å². The van der Waals surface area contributed by atoms with Crippen LogP contribution in [0, 0.1) is 11.3 Å². The van der Waals surface area contributed by atoms with Gasteiger partial charge >= 0.3 is 5.97 Å². The summed E-state index contributed by atoms with van der Waals surface area (Å²) in [6.45, 7) is 7.43. The van der Waals surface area contributed by atoms with Crippen molar-refractivity contribution < 1.29 is 24.5 Å². The van der Waals surface area contributed by atoms with E-state index in [0.29, 0.717) is 13.0 Å². The van der Waals surface area contributed by atoms with Crippen molar-refractivity contribution in [2.24, 2.45) is 11.3 Å². The molecule has 3 unspecified atom stereocenters. The van der Waals surface area contributed by atoms with Gasteiger partial charge in [0.2, 0.25) is 5.91 Å². The average molecular weight is 287 g/mol. The molecule has 6 nitrogen and oxygen atoms in total. The smallest absolute Gasteiger partial charge is 0.310 e. The first-order chi connectivity index (χ1) is 9.12. The number of carboxylic acid groups (broad SMARTS) is 1. The number of carbonyl (C=O) groups is 2. The van der Waals surface area contributed by atoms with Crippen molar-refractivity contribution >= 4 is 11.9 Å². The van der Waals surface area contributed by atoms with Crippen molar-refractivity contribution in [1.82, 2.24) is 5.32 Å². The molecule has 0 aromatic heterocycles. The largest absolute Gasteiger partial charge is 0.481 e. The molecule has 0 spiro atoms. The number of aliphatic hydroxyl groups is 1. The van der Waals surface area contributed by atoms with Crippen LogP contribution in [0.25, 0.3) is 0 Å². The maximum Gasteiger partial charge on any atom is 0.310 e. The Balaban J connectivity index is 2.57. The fourth-order valence-electron chi connectivity index (χ4n) is 2.18. The Morgan fingerprint density at radius 2 is 2.10 bits per heavy atom. The summed E-state index contributed by atoms with van der Waals surface area (Å²) in [6, 6.07) is 0. The van der Waals surface area contributed by atoms with Crippen LogP contribution in [0.2, 0.25) is 0 Å². The topological polar surface area (TPSA) is 95.9 Å². The summed E-state index contributed by atoms with van der Waals surface area (Å²) < 4.78 is 5.28. The van der Waals surface area contributed by atoms with E-state index in [0.717, 1.165) is 0 Å². The second kappa shape index (κ2) is 6.10. The Bertz CT molecular complexity index is 384. The third kappa shape index (κ3) is 3.49. The second-order valence-corrected chi connectivity index (χ2v) is 6.20. The van der Waals surface area contributed by atoms with E-state index in [1.165, 1.54) is 0 Å². The van der Waals surface area contributed by atoms with Crippen LogP contribution >= 0.6 is 0 Å². The van der Waals surface area contributed by atoms with Gasteiger partial charge in [-0.3, -0.25) is 9.59 Å². The highest BCUT2D eigenvalue weighted by atomic mass is 16.5. The average Bonchev–Trinajstić information content (AvgIpc) is 2.67. The first-order valence-electron chi connectivity index (χ1n) is 6.96. The number of hydrogen-bond donors (Lipinski definition) is 3. The molecule has 1 aliphatic heterocycles. The molecule has 3 N–H and O–H groups in total. The van der Waals surface area contributed by atoms with Gasteiger partial charge < -0.3 is 20.3 Å². The van der Waals surface area contributed by atoms with E-state index in [4.69, 9.17) is 4.74 Å². The van der Waals surface area contributed by atoms with Crippen molar-refractivity contribution in [3.05, 3.63) is 0 Å². The third-order valence-electron chi connectivity index (χ3n) is 4.54. The molecule has 1 aliphatic rings. The molecule has 0 aromatic rings. The quantitative estimate of drug-likeness (QED) is 0.671. The molecular formula is C14H25NO5. The monoisotopic (exact) mass is 287 g/mol. The Hall–Kier alpha value is -1.14. The van der Waals surface area contributed by atoms with E-state index >= 15 is 0 Å². The van der Waals surface area contributed by atoms with Crippen molar-refractivity contribution in [1.29, 1.82) is 0 Å². The summed E-state index contributed by atoms with van der Waals surface area (Å²) in [7, 11) is 0. The number of amides is 1. The predicted octanol–water partition coefficient (Wildman–Crippen LogP) is 0.779. The standard InChI is InChI=1S/C14H25NO5/c1-9(2)13(4,12(17)18)7-11(16)15-8-14(19)5-6-20-10(14)3/h9-10,19H,5-8H2,1-4H3,(H,15,16)(H,17,18). The number of rotatable bonds is 6. The van der Waals surface area contributed by atoms with Gasteiger partial charge in [-0.05, 0) is 19.8 Å². The first kappa shape index (κ1) is 16.9. The van der Waals surface area contributed by atoms with Gasteiger partial charge in [-0.15, -0.1) is 0 Å². The molecule has 0 aliphatic carbocycles. The summed E-state index contributed by atoms with van der Waals surface area (Å²) >= 11 is 0. The van der Waals surface area contributed by atoms with Crippen LogP contribution < -0.4 is 5.32 Å². The highest BCUT2D eigenvalue weighted by Gasteiger charge is 2.42. The summed E-state index contributed by atoms with van der Waals surface area (Å²) in [5.41, 5.74) is -2.17. The third-order valence-corrected chi connectivity index (χ3v) is 4.54. The molecule has 116 valence electrons. The first-order valence-corrected chi connectivity index (χ1v) is 6.96. The van der Waals surface area contributed by atoms with E-state index in [9.17, 15) is 19.8 Å². The zero-order valence-electron chi connectivity index (χ0n) is 12.6. The predicted molar refractivity (Wildman–Crippen MR) is 73.2 cm³/mol. The molecule has 6 heteroatoms. The van der Waals surface area contributed by atoms with Crippen molar-refractivity contribution in [3.63, 3.8) is 0 Å². The highest BCUT2D eigenvalue weighted by Crippen LogP contribution is 2.31. The molecule has 1 heterocycles. The van der Waals surface area contributed by atoms with Crippen LogP contribution in [0.5, 0.6) is 0 Å². The SMILES string of the molecule is CC1OCCC1(O)CNC(=O)CC(C)(C(=O)O)C(C)C. The molecule has 1 amide bonds. The van der Waals surface area contributed by atoms with Gasteiger partial charge in [0.25, 0.3) is 0 Å². The molecule has 0 radical (unpaired) electrons. The number of carbonyl (C=O) groups excluding carboxylic acids is 1. The molecule has 0 saturated carbocycles. The Morgan fingerprint density at radius 1 is 1.50 bits per heavy atom. The van der Waals surface area contributed by atoms with Gasteiger partial charge in [-0.25, -0.2) is 0 Å². The lowest BCUT2D eigenvalue weighted by Gasteiger charge is -2.30. The maximum absolute atomic E-state index is 11.9. The lowest BCUT2D eigenvalue weighted by atomic mass is 9.76. The number of ether oxygens (including phenoxy) is 1. The van der Waals surface area contributed by atoms with Gasteiger partial charge in [0.15, 0.2) is 0 Å². The van der Waals surface area contributed by atoms with Gasteiger partial charge in [-0.2, -0.15) is 0 Å². The molecule has 3 atom stereocenters. The van der Waals surface area contributed by atoms with Crippen molar-refractivity contribution in [2.45, 2.75) is 52.2 Å². The molecule has 1 rings (SSSR count). The molecule has 0 bridgehead atoms. The zero-order chi connectivity index (χ0) is 15.6. The lowest BCUT2D eigenvalue weighted by Crippen LogP contribution is -2.49. The van der Waals surface area contributed by atoms with Crippen LogP contribution in [-0.2, 0) is 14.3 Å².